The molecule has 0 bridgehead atoms. The minimum Gasteiger partial charge on any atom is -0.302 e. The molecule has 0 spiro atoms. The Morgan fingerprint density at radius 2 is 2.00 bits per heavy atom. The van der Waals surface area contributed by atoms with Gasteiger partial charge in [-0.25, -0.2) is 0 Å². The highest BCUT2D eigenvalue weighted by Gasteiger charge is 2.12. The largest absolute Gasteiger partial charge is 0.302 e. The Bertz CT molecular complexity index is 547. The molecule has 0 aliphatic heterocycles. The fourth-order valence-corrected chi connectivity index (χ4v) is 2.16. The lowest BCUT2D eigenvalue weighted by Crippen LogP contribution is -2.38. The van der Waals surface area contributed by atoms with Crippen LogP contribution in [0.1, 0.15) is 40.7 Å². The van der Waals surface area contributed by atoms with Gasteiger partial charge >= 0.3 is 0 Å². The van der Waals surface area contributed by atoms with E-state index >= 15 is 0 Å². The molecule has 4 heteroatoms. The van der Waals surface area contributed by atoms with E-state index in [9.17, 15) is 9.59 Å². The minimum atomic E-state index is -0.184. The number of rotatable bonds is 3. The summed E-state index contributed by atoms with van der Waals surface area (Å²) < 4.78 is 0. The van der Waals surface area contributed by atoms with Crippen molar-refractivity contribution in [1.82, 2.24) is 10.9 Å². The van der Waals surface area contributed by atoms with Crippen LogP contribution in [0, 0.1) is 13.8 Å². The van der Waals surface area contributed by atoms with Gasteiger partial charge in [0.2, 0.25) is 0 Å². The molecule has 1 aliphatic carbocycles. The lowest BCUT2D eigenvalue weighted by atomic mass is 10.0. The Labute approximate surface area is 112 Å². The summed E-state index contributed by atoms with van der Waals surface area (Å²) in [4.78, 5) is 23.3. The molecule has 0 saturated carbocycles. The zero-order valence-corrected chi connectivity index (χ0v) is 11.2. The van der Waals surface area contributed by atoms with Gasteiger partial charge in [-0.3, -0.25) is 15.0 Å². The van der Waals surface area contributed by atoms with E-state index in [0.717, 1.165) is 29.7 Å². The topological polar surface area (TPSA) is 58.2 Å². The third kappa shape index (κ3) is 3.44. The van der Waals surface area contributed by atoms with Gasteiger partial charge in [0.05, 0.1) is 0 Å². The number of ketones is 1. The molecule has 1 amide bonds. The van der Waals surface area contributed by atoms with Gasteiger partial charge in [-0.05, 0) is 38.3 Å². The minimum absolute atomic E-state index is 0.106. The molecule has 1 aromatic rings. The van der Waals surface area contributed by atoms with E-state index in [-0.39, 0.29) is 11.7 Å². The van der Waals surface area contributed by atoms with E-state index in [4.69, 9.17) is 0 Å². The van der Waals surface area contributed by atoms with Crippen molar-refractivity contribution in [2.75, 3.05) is 0 Å². The predicted molar refractivity (Wildman–Crippen MR) is 73.5 cm³/mol. The van der Waals surface area contributed by atoms with Crippen LogP contribution in [0.25, 0.3) is 0 Å². The molecule has 1 aromatic carbocycles. The average molecular weight is 258 g/mol. The second kappa shape index (κ2) is 5.69. The van der Waals surface area contributed by atoms with Crippen LogP contribution in [0.3, 0.4) is 0 Å². The summed E-state index contributed by atoms with van der Waals surface area (Å²) in [5.74, 6) is -0.0778. The number of hydrogen-bond acceptors (Lipinski definition) is 3. The monoisotopic (exact) mass is 258 g/mol. The molecule has 0 aromatic heterocycles. The van der Waals surface area contributed by atoms with E-state index in [0.29, 0.717) is 12.0 Å². The van der Waals surface area contributed by atoms with Crippen molar-refractivity contribution in [3.8, 4) is 0 Å². The van der Waals surface area contributed by atoms with Gasteiger partial charge in [-0.15, -0.1) is 0 Å². The van der Waals surface area contributed by atoms with Crippen molar-refractivity contribution in [2.45, 2.75) is 33.1 Å². The van der Waals surface area contributed by atoms with Crippen LogP contribution in [0.5, 0.6) is 0 Å². The number of nitrogens with one attached hydrogen (secondary N) is 2. The molecular formula is C15H18N2O2. The second-order valence-corrected chi connectivity index (χ2v) is 4.89. The summed E-state index contributed by atoms with van der Waals surface area (Å²) >= 11 is 0. The van der Waals surface area contributed by atoms with Gasteiger partial charge in [0, 0.05) is 23.8 Å². The van der Waals surface area contributed by atoms with E-state index < -0.39 is 0 Å². The molecule has 0 unspecified atom stereocenters. The molecule has 0 radical (unpaired) electrons. The SMILES string of the molecule is Cc1ccc(C(=O)NNC2=CC(=O)CCC2)c(C)c1. The van der Waals surface area contributed by atoms with Gasteiger partial charge in [-0.2, -0.15) is 0 Å². The van der Waals surface area contributed by atoms with Crippen LogP contribution in [-0.2, 0) is 4.79 Å². The number of allylic oxidation sites excluding steroid dienone is 2. The first kappa shape index (κ1) is 13.3. The summed E-state index contributed by atoms with van der Waals surface area (Å²) in [7, 11) is 0. The van der Waals surface area contributed by atoms with Gasteiger partial charge in [0.1, 0.15) is 0 Å². The lowest BCUT2D eigenvalue weighted by molar-refractivity contribution is -0.115. The Kier molecular flexibility index (Phi) is 4.00. The molecule has 2 rings (SSSR count). The van der Waals surface area contributed by atoms with Crippen LogP contribution in [0.2, 0.25) is 0 Å². The van der Waals surface area contributed by atoms with Crippen molar-refractivity contribution >= 4 is 11.7 Å². The van der Waals surface area contributed by atoms with E-state index in [1.54, 1.807) is 6.08 Å². The van der Waals surface area contributed by atoms with Gasteiger partial charge in [-0.1, -0.05) is 17.7 Å². The maximum atomic E-state index is 12.0. The number of amides is 1. The Morgan fingerprint density at radius 1 is 1.21 bits per heavy atom. The van der Waals surface area contributed by atoms with Crippen molar-refractivity contribution in [3.05, 3.63) is 46.7 Å². The van der Waals surface area contributed by atoms with Crippen molar-refractivity contribution in [2.24, 2.45) is 0 Å². The molecular weight excluding hydrogens is 240 g/mol. The number of benzene rings is 1. The predicted octanol–water partition coefficient (Wildman–Crippen LogP) is 2.17. The molecule has 0 atom stereocenters. The number of aryl methyl sites for hydroxylation is 2. The Hall–Kier alpha value is -2.10. The van der Waals surface area contributed by atoms with Crippen LogP contribution < -0.4 is 10.9 Å². The van der Waals surface area contributed by atoms with Crippen LogP contribution >= 0.6 is 0 Å². The first-order chi connectivity index (χ1) is 9.06. The molecule has 0 fully saturated rings. The third-order valence-electron chi connectivity index (χ3n) is 3.17. The Balaban J connectivity index is 1.99. The smallest absolute Gasteiger partial charge is 0.269 e. The zero-order valence-electron chi connectivity index (χ0n) is 11.2. The van der Waals surface area contributed by atoms with E-state index in [1.807, 2.05) is 32.0 Å². The number of carbonyl (C=O) groups is 2. The first-order valence-electron chi connectivity index (χ1n) is 6.43. The Morgan fingerprint density at radius 3 is 2.68 bits per heavy atom. The summed E-state index contributed by atoms with van der Waals surface area (Å²) in [6.45, 7) is 3.90. The van der Waals surface area contributed by atoms with Crippen molar-refractivity contribution < 1.29 is 9.59 Å². The summed E-state index contributed by atoms with van der Waals surface area (Å²) in [5.41, 5.74) is 8.95. The normalized spacial score (nSPS) is 14.8. The zero-order chi connectivity index (χ0) is 13.8. The molecule has 4 nitrogen and oxygen atoms in total. The molecule has 0 heterocycles. The highest BCUT2D eigenvalue weighted by Crippen LogP contribution is 2.13. The second-order valence-electron chi connectivity index (χ2n) is 4.89. The summed E-state index contributed by atoms with van der Waals surface area (Å²) in [5, 5.41) is 0. The first-order valence-corrected chi connectivity index (χ1v) is 6.43. The number of hydrazine groups is 1. The van der Waals surface area contributed by atoms with Gasteiger partial charge < -0.3 is 5.43 Å². The van der Waals surface area contributed by atoms with Crippen molar-refractivity contribution in [3.63, 3.8) is 0 Å². The van der Waals surface area contributed by atoms with E-state index in [2.05, 4.69) is 10.9 Å². The fraction of sp³-hybridized carbons (Fsp3) is 0.333. The summed E-state index contributed by atoms with van der Waals surface area (Å²) in [6, 6.07) is 5.69. The number of carbonyl (C=O) groups excluding carboxylic acids is 2. The van der Waals surface area contributed by atoms with Gasteiger partial charge in [0.25, 0.3) is 5.91 Å². The fourth-order valence-electron chi connectivity index (χ4n) is 2.16. The third-order valence-corrected chi connectivity index (χ3v) is 3.17. The highest BCUT2D eigenvalue weighted by molar-refractivity contribution is 5.95. The summed E-state index contributed by atoms with van der Waals surface area (Å²) in [6.07, 6.45) is 3.78. The van der Waals surface area contributed by atoms with Crippen LogP contribution in [0.15, 0.2) is 30.0 Å². The van der Waals surface area contributed by atoms with Gasteiger partial charge in [0.15, 0.2) is 5.78 Å². The molecule has 19 heavy (non-hydrogen) atoms. The average Bonchev–Trinajstić information content (AvgIpc) is 2.36. The quantitative estimate of drug-likeness (QED) is 0.817. The number of hydrogen-bond donors (Lipinski definition) is 2. The standard InChI is InChI=1S/C15H18N2O2/c1-10-6-7-14(11(2)8-10)15(19)17-16-12-4-3-5-13(18)9-12/h6-9,16H,3-5H2,1-2H3,(H,17,19). The molecule has 1 aliphatic rings. The van der Waals surface area contributed by atoms with Crippen LogP contribution in [-0.4, -0.2) is 11.7 Å². The van der Waals surface area contributed by atoms with E-state index in [1.165, 1.54) is 0 Å². The highest BCUT2D eigenvalue weighted by atomic mass is 16.2. The maximum Gasteiger partial charge on any atom is 0.269 e. The molecule has 2 N–H and O–H groups in total. The molecule has 100 valence electrons. The van der Waals surface area contributed by atoms with Crippen molar-refractivity contribution in [1.29, 1.82) is 0 Å². The van der Waals surface area contributed by atoms with Crippen LogP contribution in [0.4, 0.5) is 0 Å². The molecule has 0 saturated heterocycles. The maximum absolute atomic E-state index is 12.0. The lowest BCUT2D eigenvalue weighted by Gasteiger charge is -2.15.